The van der Waals surface area contributed by atoms with Gasteiger partial charge in [-0.3, -0.25) is 9.52 Å². The predicted octanol–water partition coefficient (Wildman–Crippen LogP) is -0.191. The van der Waals surface area contributed by atoms with Crippen LogP contribution in [0.3, 0.4) is 0 Å². The van der Waals surface area contributed by atoms with Gasteiger partial charge >= 0.3 is 0 Å². The van der Waals surface area contributed by atoms with Crippen molar-refractivity contribution in [3.63, 3.8) is 0 Å². The molecule has 0 unspecified atom stereocenters. The van der Waals surface area contributed by atoms with Gasteiger partial charge in [-0.2, -0.15) is 0 Å². The van der Waals surface area contributed by atoms with Gasteiger partial charge < -0.3 is 15.3 Å². The highest BCUT2D eigenvalue weighted by Crippen LogP contribution is 2.23. The van der Waals surface area contributed by atoms with Crippen molar-refractivity contribution < 1.29 is 18.3 Å². The van der Waals surface area contributed by atoms with Gasteiger partial charge in [-0.1, -0.05) is 0 Å². The van der Waals surface area contributed by atoms with Crippen LogP contribution in [0.15, 0.2) is 18.2 Å². The van der Waals surface area contributed by atoms with Crippen molar-refractivity contribution in [3.05, 3.63) is 23.8 Å². The van der Waals surface area contributed by atoms with Gasteiger partial charge in [-0.25, -0.2) is 8.42 Å². The van der Waals surface area contributed by atoms with E-state index in [0.29, 0.717) is 26.2 Å². The third kappa shape index (κ3) is 3.61. The maximum absolute atomic E-state index is 12.3. The lowest BCUT2D eigenvalue weighted by Crippen LogP contribution is -2.46. The fraction of sp³-hybridized carbons (Fsp3) is 0.417. The number of rotatable bonds is 3. The maximum Gasteiger partial charge on any atom is 0.257 e. The molecule has 0 radical (unpaired) electrons. The van der Waals surface area contributed by atoms with Crippen LogP contribution >= 0.6 is 0 Å². The monoisotopic (exact) mass is 299 g/mol. The van der Waals surface area contributed by atoms with Crippen molar-refractivity contribution in [2.24, 2.45) is 0 Å². The van der Waals surface area contributed by atoms with E-state index >= 15 is 0 Å². The second-order valence-corrected chi connectivity index (χ2v) is 6.40. The van der Waals surface area contributed by atoms with Gasteiger partial charge in [0.2, 0.25) is 10.0 Å². The normalized spacial score (nSPS) is 15.9. The Morgan fingerprint density at radius 3 is 2.60 bits per heavy atom. The molecule has 0 atom stereocenters. The van der Waals surface area contributed by atoms with Crippen LogP contribution in [0.2, 0.25) is 0 Å². The number of piperazine rings is 1. The number of hydrogen-bond donors (Lipinski definition) is 3. The minimum atomic E-state index is -3.42. The second kappa shape index (κ2) is 5.68. The number of carbonyl (C=O) groups is 1. The minimum absolute atomic E-state index is 0.0977. The maximum atomic E-state index is 12.3. The molecular weight excluding hydrogens is 282 g/mol. The summed E-state index contributed by atoms with van der Waals surface area (Å²) in [6.45, 7) is 2.52. The fourth-order valence-electron chi connectivity index (χ4n) is 2.02. The molecule has 1 heterocycles. The number of phenolic OH excluding ortho intramolecular Hbond substituents is 1. The molecule has 3 N–H and O–H groups in total. The van der Waals surface area contributed by atoms with E-state index in [0.717, 1.165) is 6.26 Å². The quantitative estimate of drug-likeness (QED) is 0.672. The number of nitrogens with one attached hydrogen (secondary N) is 2. The van der Waals surface area contributed by atoms with Crippen LogP contribution in [0.25, 0.3) is 0 Å². The van der Waals surface area contributed by atoms with Crippen molar-refractivity contribution >= 4 is 21.6 Å². The lowest BCUT2D eigenvalue weighted by molar-refractivity contribution is 0.0733. The summed E-state index contributed by atoms with van der Waals surface area (Å²) in [5.41, 5.74) is 0.351. The summed E-state index contributed by atoms with van der Waals surface area (Å²) >= 11 is 0. The van der Waals surface area contributed by atoms with Gasteiger partial charge in [0, 0.05) is 31.9 Å². The van der Waals surface area contributed by atoms with E-state index in [-0.39, 0.29) is 22.9 Å². The van der Waals surface area contributed by atoms with Crippen molar-refractivity contribution in [2.45, 2.75) is 0 Å². The number of nitrogens with zero attached hydrogens (tertiary/aromatic N) is 1. The molecule has 20 heavy (non-hydrogen) atoms. The molecule has 1 aliphatic rings. The van der Waals surface area contributed by atoms with Gasteiger partial charge in [0.15, 0.2) is 0 Å². The molecule has 2 rings (SSSR count). The summed E-state index contributed by atoms with van der Waals surface area (Å²) in [4.78, 5) is 13.9. The Balaban J connectivity index is 2.25. The van der Waals surface area contributed by atoms with Gasteiger partial charge in [0.25, 0.3) is 5.91 Å². The highest BCUT2D eigenvalue weighted by Gasteiger charge is 2.21. The third-order valence-corrected chi connectivity index (χ3v) is 3.54. The average molecular weight is 299 g/mol. The molecule has 1 aromatic rings. The first kappa shape index (κ1) is 14.6. The van der Waals surface area contributed by atoms with Crippen LogP contribution in [0.5, 0.6) is 5.75 Å². The predicted molar refractivity (Wildman–Crippen MR) is 75.3 cm³/mol. The molecule has 0 aromatic heterocycles. The first-order valence-corrected chi connectivity index (χ1v) is 8.07. The first-order chi connectivity index (χ1) is 9.37. The SMILES string of the molecule is CS(=O)(=O)Nc1ccc(O)c(C(=O)N2CCNCC2)c1. The lowest BCUT2D eigenvalue weighted by Gasteiger charge is -2.27. The largest absolute Gasteiger partial charge is 0.507 e. The summed E-state index contributed by atoms with van der Waals surface area (Å²) in [7, 11) is -3.42. The van der Waals surface area contributed by atoms with Crippen LogP contribution in [0.4, 0.5) is 5.69 Å². The molecule has 0 spiro atoms. The van der Waals surface area contributed by atoms with Gasteiger partial charge in [0.1, 0.15) is 5.75 Å². The number of benzene rings is 1. The molecule has 1 aliphatic heterocycles. The summed E-state index contributed by atoms with van der Waals surface area (Å²) in [6, 6.07) is 4.06. The minimum Gasteiger partial charge on any atom is -0.507 e. The highest BCUT2D eigenvalue weighted by atomic mass is 32.2. The summed E-state index contributed by atoms with van der Waals surface area (Å²) < 4.78 is 24.7. The summed E-state index contributed by atoms with van der Waals surface area (Å²) in [5.74, 6) is -0.464. The van der Waals surface area contributed by atoms with Crippen molar-refractivity contribution in [2.75, 3.05) is 37.2 Å². The Kier molecular flexibility index (Phi) is 4.15. The topological polar surface area (TPSA) is 98.7 Å². The fourth-order valence-corrected chi connectivity index (χ4v) is 2.58. The Morgan fingerprint density at radius 2 is 2.00 bits per heavy atom. The highest BCUT2D eigenvalue weighted by molar-refractivity contribution is 7.92. The van der Waals surface area contributed by atoms with E-state index in [1.807, 2.05) is 0 Å². The van der Waals surface area contributed by atoms with Crippen LogP contribution in [0.1, 0.15) is 10.4 Å². The van der Waals surface area contributed by atoms with Crippen LogP contribution in [-0.2, 0) is 10.0 Å². The van der Waals surface area contributed by atoms with E-state index in [9.17, 15) is 18.3 Å². The van der Waals surface area contributed by atoms with E-state index in [1.54, 1.807) is 4.90 Å². The van der Waals surface area contributed by atoms with E-state index in [1.165, 1.54) is 18.2 Å². The van der Waals surface area contributed by atoms with Crippen molar-refractivity contribution in [1.29, 1.82) is 0 Å². The number of hydrogen-bond acceptors (Lipinski definition) is 5. The molecule has 1 saturated heterocycles. The first-order valence-electron chi connectivity index (χ1n) is 6.17. The van der Waals surface area contributed by atoms with Crippen LogP contribution in [0, 0.1) is 0 Å². The van der Waals surface area contributed by atoms with Crippen molar-refractivity contribution in [1.82, 2.24) is 10.2 Å². The zero-order chi connectivity index (χ0) is 14.8. The molecule has 8 heteroatoms. The van der Waals surface area contributed by atoms with Crippen LogP contribution in [-0.4, -0.2) is 56.8 Å². The second-order valence-electron chi connectivity index (χ2n) is 4.65. The smallest absolute Gasteiger partial charge is 0.257 e. The number of phenols is 1. The number of amides is 1. The number of anilines is 1. The molecule has 1 aromatic carbocycles. The van der Waals surface area contributed by atoms with Gasteiger partial charge in [-0.15, -0.1) is 0 Å². The number of sulfonamides is 1. The average Bonchev–Trinajstić information content (AvgIpc) is 2.40. The lowest BCUT2D eigenvalue weighted by atomic mass is 10.1. The Bertz CT molecular complexity index is 609. The Hall–Kier alpha value is -1.80. The third-order valence-electron chi connectivity index (χ3n) is 2.93. The van der Waals surface area contributed by atoms with Gasteiger partial charge in [0.05, 0.1) is 11.8 Å². The Labute approximate surface area is 117 Å². The van der Waals surface area contributed by atoms with E-state index < -0.39 is 10.0 Å². The molecule has 7 nitrogen and oxygen atoms in total. The molecule has 110 valence electrons. The molecule has 0 aliphatic carbocycles. The molecule has 1 fully saturated rings. The van der Waals surface area contributed by atoms with E-state index in [4.69, 9.17) is 0 Å². The molecule has 0 bridgehead atoms. The molecule has 1 amide bonds. The van der Waals surface area contributed by atoms with Crippen molar-refractivity contribution in [3.8, 4) is 5.75 Å². The number of carbonyl (C=O) groups excluding carboxylic acids is 1. The standard InChI is InChI=1S/C12H17N3O4S/c1-20(18,19)14-9-2-3-11(16)10(8-9)12(17)15-6-4-13-5-7-15/h2-3,8,13-14,16H,4-7H2,1H3. The molecular formula is C12H17N3O4S. The zero-order valence-electron chi connectivity index (χ0n) is 11.1. The zero-order valence-corrected chi connectivity index (χ0v) is 11.9. The van der Waals surface area contributed by atoms with Gasteiger partial charge in [-0.05, 0) is 18.2 Å². The number of aromatic hydroxyl groups is 1. The molecule has 0 saturated carbocycles. The van der Waals surface area contributed by atoms with Crippen LogP contribution < -0.4 is 10.0 Å². The summed E-state index contributed by atoms with van der Waals surface area (Å²) in [5, 5.41) is 12.9. The van der Waals surface area contributed by atoms with E-state index in [2.05, 4.69) is 10.0 Å². The Morgan fingerprint density at radius 1 is 1.35 bits per heavy atom. The summed E-state index contributed by atoms with van der Waals surface area (Å²) in [6.07, 6.45) is 1.03.